The van der Waals surface area contributed by atoms with Crippen LogP contribution in [-0.2, 0) is 16.7 Å². The van der Waals surface area contributed by atoms with Crippen LogP contribution >= 0.6 is 0 Å². The second-order valence-electron chi connectivity index (χ2n) is 7.88. The molecule has 2 N–H and O–H groups in total. The van der Waals surface area contributed by atoms with Crippen molar-refractivity contribution in [2.45, 2.75) is 18.9 Å². The third-order valence-electron chi connectivity index (χ3n) is 5.35. The van der Waals surface area contributed by atoms with Crippen molar-refractivity contribution in [3.8, 4) is 5.69 Å². The number of aromatic nitrogens is 5. The van der Waals surface area contributed by atoms with Crippen LogP contribution in [0.1, 0.15) is 28.8 Å². The molecule has 4 heterocycles. The van der Waals surface area contributed by atoms with Crippen molar-refractivity contribution in [1.82, 2.24) is 25.0 Å². The number of carbonyl (C=O) groups excluding carboxylic acids is 1. The minimum absolute atomic E-state index is 0.127. The molecule has 0 saturated heterocycles. The quantitative estimate of drug-likeness (QED) is 0.485. The van der Waals surface area contributed by atoms with Crippen LogP contribution in [0.15, 0.2) is 65.8 Å². The highest BCUT2D eigenvalue weighted by atomic mass is 16.5. The molecule has 0 saturated carbocycles. The van der Waals surface area contributed by atoms with Gasteiger partial charge < -0.3 is 10.5 Å². The van der Waals surface area contributed by atoms with E-state index in [0.29, 0.717) is 36.1 Å². The number of amidine groups is 1. The summed E-state index contributed by atoms with van der Waals surface area (Å²) in [5.41, 5.74) is 9.29. The van der Waals surface area contributed by atoms with Crippen molar-refractivity contribution in [3.63, 3.8) is 0 Å². The molecule has 0 amide bonds. The van der Waals surface area contributed by atoms with Gasteiger partial charge in [-0.1, -0.05) is 23.4 Å². The lowest BCUT2D eigenvalue weighted by Crippen LogP contribution is -2.38. The van der Waals surface area contributed by atoms with Gasteiger partial charge in [-0.25, -0.2) is 4.68 Å². The number of hydrogen-bond acceptors (Lipinski definition) is 8. The van der Waals surface area contributed by atoms with Crippen LogP contribution in [0, 0.1) is 0 Å². The molecular formula is C23H21N7O2. The normalized spacial score (nSPS) is 18.5. The fourth-order valence-electron chi connectivity index (χ4n) is 3.74. The maximum Gasteiger partial charge on any atom is 0.187 e. The Hall–Kier alpha value is -3.98. The highest BCUT2D eigenvalue weighted by molar-refractivity contribution is 5.95. The number of Topliss-reactive ketones (excluding diaryl/α,β-unsaturated/α-hetero) is 1. The van der Waals surface area contributed by atoms with Crippen LogP contribution in [0.5, 0.6) is 0 Å². The van der Waals surface area contributed by atoms with Crippen molar-refractivity contribution >= 4 is 22.7 Å². The van der Waals surface area contributed by atoms with Gasteiger partial charge in [-0.15, -0.1) is 5.10 Å². The molecule has 0 fully saturated rings. The standard InChI is InChI=1S/C23H21N7O2/c1-23(14-32-13-22(24)27-23)21-8-4-5-15(26-21)11-20(31)18-10-9-16(12-25-18)30-19-7-3-2-6-17(19)28-29-30/h2-10,12H,11,13-14H2,1H3,(H2,24,27)/t23-/m0/s1. The highest BCUT2D eigenvalue weighted by Crippen LogP contribution is 2.27. The summed E-state index contributed by atoms with van der Waals surface area (Å²) < 4.78 is 7.22. The molecular weight excluding hydrogens is 406 g/mol. The lowest BCUT2D eigenvalue weighted by atomic mass is 9.97. The summed E-state index contributed by atoms with van der Waals surface area (Å²) in [7, 11) is 0. The topological polar surface area (TPSA) is 121 Å². The first kappa shape index (κ1) is 20.0. The van der Waals surface area contributed by atoms with Crippen LogP contribution in [0.25, 0.3) is 16.7 Å². The number of para-hydroxylation sites is 1. The summed E-state index contributed by atoms with van der Waals surface area (Å²) in [6, 6.07) is 16.7. The first-order valence-corrected chi connectivity index (χ1v) is 10.2. The Bertz CT molecular complexity index is 1330. The zero-order chi connectivity index (χ0) is 22.1. The highest BCUT2D eigenvalue weighted by Gasteiger charge is 2.31. The molecule has 1 aliphatic rings. The van der Waals surface area contributed by atoms with E-state index in [4.69, 9.17) is 10.5 Å². The van der Waals surface area contributed by atoms with Gasteiger partial charge in [0.05, 0.1) is 36.1 Å². The summed E-state index contributed by atoms with van der Waals surface area (Å²) in [4.78, 5) is 26.3. The number of ether oxygens (including phenoxy) is 1. The lowest BCUT2D eigenvalue weighted by Gasteiger charge is -2.29. The Kier molecular flexibility index (Phi) is 4.95. The molecule has 9 nitrogen and oxygen atoms in total. The average molecular weight is 427 g/mol. The van der Waals surface area contributed by atoms with Crippen molar-refractivity contribution in [2.24, 2.45) is 10.7 Å². The Morgan fingerprint density at radius 1 is 1.16 bits per heavy atom. The van der Waals surface area contributed by atoms with Crippen molar-refractivity contribution in [2.75, 3.05) is 13.2 Å². The van der Waals surface area contributed by atoms with Crippen LogP contribution in [-0.4, -0.2) is 49.8 Å². The van der Waals surface area contributed by atoms with E-state index in [0.717, 1.165) is 16.7 Å². The molecule has 5 rings (SSSR count). The maximum absolute atomic E-state index is 12.8. The Morgan fingerprint density at radius 3 is 2.84 bits per heavy atom. The molecule has 0 aliphatic carbocycles. The molecule has 9 heteroatoms. The average Bonchev–Trinajstić information content (AvgIpc) is 3.23. The predicted molar refractivity (Wildman–Crippen MR) is 119 cm³/mol. The molecule has 160 valence electrons. The Morgan fingerprint density at radius 2 is 2.03 bits per heavy atom. The number of carbonyl (C=O) groups is 1. The van der Waals surface area contributed by atoms with Crippen LogP contribution in [0.2, 0.25) is 0 Å². The molecule has 32 heavy (non-hydrogen) atoms. The SMILES string of the molecule is C[C@@]1(c2cccc(CC(=O)c3ccc(-n4nnc5ccccc54)cn3)n2)COCC(N)=N1. The minimum Gasteiger partial charge on any atom is -0.386 e. The number of fused-ring (bicyclic) bond motifs is 1. The van der Waals surface area contributed by atoms with Gasteiger partial charge in [-0.2, -0.15) is 0 Å². The zero-order valence-electron chi connectivity index (χ0n) is 17.5. The summed E-state index contributed by atoms with van der Waals surface area (Å²) >= 11 is 0. The number of hydrogen-bond donors (Lipinski definition) is 1. The van der Waals surface area contributed by atoms with Gasteiger partial charge >= 0.3 is 0 Å². The first-order valence-electron chi connectivity index (χ1n) is 10.2. The van der Waals surface area contributed by atoms with E-state index < -0.39 is 5.54 Å². The van der Waals surface area contributed by atoms with Crippen LogP contribution in [0.3, 0.4) is 0 Å². The van der Waals surface area contributed by atoms with Gasteiger partial charge in [0.2, 0.25) is 0 Å². The second-order valence-corrected chi connectivity index (χ2v) is 7.88. The second kappa shape index (κ2) is 7.93. The monoisotopic (exact) mass is 427 g/mol. The molecule has 4 aromatic rings. The lowest BCUT2D eigenvalue weighted by molar-refractivity contribution is 0.0984. The number of nitrogens with zero attached hydrogens (tertiary/aromatic N) is 6. The van der Waals surface area contributed by atoms with E-state index >= 15 is 0 Å². The third kappa shape index (κ3) is 3.74. The first-order chi connectivity index (χ1) is 15.5. The number of aliphatic imine (C=N–C) groups is 1. The van der Waals surface area contributed by atoms with Gasteiger partial charge in [0.1, 0.15) is 29.2 Å². The predicted octanol–water partition coefficient (Wildman–Crippen LogP) is 2.24. The van der Waals surface area contributed by atoms with Crippen molar-refractivity contribution in [1.29, 1.82) is 0 Å². The molecule has 0 unspecified atom stereocenters. The molecule has 0 bridgehead atoms. The van der Waals surface area contributed by atoms with Crippen LogP contribution < -0.4 is 5.73 Å². The number of nitrogens with two attached hydrogens (primary N) is 1. The fraction of sp³-hybridized carbons (Fsp3) is 0.217. The number of rotatable bonds is 5. The molecule has 0 spiro atoms. The molecule has 3 aromatic heterocycles. The minimum atomic E-state index is -0.665. The summed E-state index contributed by atoms with van der Waals surface area (Å²) in [5.74, 6) is 0.309. The summed E-state index contributed by atoms with van der Waals surface area (Å²) in [5, 5.41) is 8.33. The van der Waals surface area contributed by atoms with E-state index in [9.17, 15) is 4.79 Å². The smallest absolute Gasteiger partial charge is 0.187 e. The third-order valence-corrected chi connectivity index (χ3v) is 5.35. The number of ketones is 1. The van der Waals surface area contributed by atoms with E-state index in [-0.39, 0.29) is 12.2 Å². The molecule has 1 atom stereocenters. The van der Waals surface area contributed by atoms with Crippen molar-refractivity contribution in [3.05, 3.63) is 77.9 Å². The van der Waals surface area contributed by atoms with E-state index in [1.54, 1.807) is 16.9 Å². The fourth-order valence-corrected chi connectivity index (χ4v) is 3.74. The van der Waals surface area contributed by atoms with Gasteiger partial charge in [0.25, 0.3) is 0 Å². The Labute approximate surface area is 184 Å². The Balaban J connectivity index is 1.35. The van der Waals surface area contributed by atoms with Gasteiger partial charge in [-0.3, -0.25) is 19.8 Å². The van der Waals surface area contributed by atoms with Crippen LogP contribution in [0.4, 0.5) is 0 Å². The van der Waals surface area contributed by atoms with Crippen molar-refractivity contribution < 1.29 is 9.53 Å². The van der Waals surface area contributed by atoms with Gasteiger partial charge in [0, 0.05) is 5.69 Å². The molecule has 1 aliphatic heterocycles. The van der Waals surface area contributed by atoms with E-state index in [2.05, 4.69) is 25.3 Å². The maximum atomic E-state index is 12.8. The van der Waals surface area contributed by atoms with Gasteiger partial charge in [-0.05, 0) is 43.3 Å². The van der Waals surface area contributed by atoms with E-state index in [1.807, 2.05) is 55.5 Å². The number of benzene rings is 1. The largest absolute Gasteiger partial charge is 0.386 e. The van der Waals surface area contributed by atoms with E-state index in [1.165, 1.54) is 0 Å². The zero-order valence-corrected chi connectivity index (χ0v) is 17.5. The number of pyridine rings is 2. The summed E-state index contributed by atoms with van der Waals surface area (Å²) in [6.07, 6.45) is 1.75. The van der Waals surface area contributed by atoms with Gasteiger partial charge in [0.15, 0.2) is 5.78 Å². The molecule has 1 aromatic carbocycles. The molecule has 0 radical (unpaired) electrons. The summed E-state index contributed by atoms with van der Waals surface area (Å²) in [6.45, 7) is 2.62.